The Labute approximate surface area is 204 Å². The average molecular weight is 543 g/mol. The van der Waals surface area contributed by atoms with Crippen molar-refractivity contribution in [2.24, 2.45) is 10.4 Å². The third-order valence-corrected chi connectivity index (χ3v) is 6.78. The fourth-order valence-electron chi connectivity index (χ4n) is 4.71. The highest BCUT2D eigenvalue weighted by atomic mass is 127. The Morgan fingerprint density at radius 1 is 1.23 bits per heavy atom. The van der Waals surface area contributed by atoms with Crippen molar-refractivity contribution in [2.45, 2.75) is 51.8 Å². The number of benzene rings is 1. The molecule has 0 amide bonds. The number of hydrogen-bond acceptors (Lipinski definition) is 4. The SMILES string of the molecule is CCNC(=NCC1(CCOCC)CC1)N1CC2OCCN(Cc3ccccc3)C2C1.I. The molecule has 2 aliphatic heterocycles. The molecule has 174 valence electrons. The molecule has 2 atom stereocenters. The molecule has 0 bridgehead atoms. The lowest BCUT2D eigenvalue weighted by Crippen LogP contribution is -2.50. The molecule has 1 aliphatic carbocycles. The summed E-state index contributed by atoms with van der Waals surface area (Å²) in [5.74, 6) is 1.05. The normalized spacial score (nSPS) is 25.1. The second kappa shape index (κ2) is 11.8. The van der Waals surface area contributed by atoms with E-state index in [-0.39, 0.29) is 30.1 Å². The maximum Gasteiger partial charge on any atom is 0.194 e. The van der Waals surface area contributed by atoms with Crippen molar-refractivity contribution in [3.63, 3.8) is 0 Å². The van der Waals surface area contributed by atoms with Crippen LogP contribution in [0.15, 0.2) is 35.3 Å². The Balaban J connectivity index is 0.00000272. The van der Waals surface area contributed by atoms with Gasteiger partial charge in [0.25, 0.3) is 0 Å². The molecule has 2 saturated heterocycles. The van der Waals surface area contributed by atoms with Crippen LogP contribution in [0.5, 0.6) is 0 Å². The van der Waals surface area contributed by atoms with E-state index < -0.39 is 0 Å². The summed E-state index contributed by atoms with van der Waals surface area (Å²) in [6.07, 6.45) is 3.95. The molecule has 31 heavy (non-hydrogen) atoms. The number of halogens is 1. The highest BCUT2D eigenvalue weighted by molar-refractivity contribution is 14.0. The maximum absolute atomic E-state index is 6.17. The topological polar surface area (TPSA) is 49.3 Å². The molecule has 1 saturated carbocycles. The van der Waals surface area contributed by atoms with Crippen molar-refractivity contribution >= 4 is 29.9 Å². The molecule has 6 nitrogen and oxygen atoms in total. The number of guanidine groups is 1. The molecule has 2 unspecified atom stereocenters. The molecular weight excluding hydrogens is 503 g/mol. The summed E-state index contributed by atoms with van der Waals surface area (Å²) in [5.41, 5.74) is 1.75. The minimum Gasteiger partial charge on any atom is -0.382 e. The zero-order valence-corrected chi connectivity index (χ0v) is 21.4. The van der Waals surface area contributed by atoms with E-state index in [1.165, 1.54) is 18.4 Å². The van der Waals surface area contributed by atoms with Crippen LogP contribution in [0.2, 0.25) is 0 Å². The van der Waals surface area contributed by atoms with Gasteiger partial charge in [-0.3, -0.25) is 9.89 Å². The van der Waals surface area contributed by atoms with Gasteiger partial charge in [0.05, 0.1) is 18.8 Å². The Bertz CT molecular complexity index is 698. The first-order valence-corrected chi connectivity index (χ1v) is 11.7. The van der Waals surface area contributed by atoms with Gasteiger partial charge in [0, 0.05) is 52.5 Å². The van der Waals surface area contributed by atoms with Crippen LogP contribution in [0.4, 0.5) is 0 Å². The first kappa shape index (κ1) is 24.7. The van der Waals surface area contributed by atoms with Gasteiger partial charge >= 0.3 is 0 Å². The number of nitrogens with one attached hydrogen (secondary N) is 1. The van der Waals surface area contributed by atoms with Crippen LogP contribution >= 0.6 is 24.0 Å². The van der Waals surface area contributed by atoms with Gasteiger partial charge in [-0.2, -0.15) is 0 Å². The molecule has 0 aromatic heterocycles. The number of hydrogen-bond donors (Lipinski definition) is 1. The maximum atomic E-state index is 6.17. The Kier molecular flexibility index (Phi) is 9.43. The lowest BCUT2D eigenvalue weighted by atomic mass is 10.0. The molecule has 4 rings (SSSR count). The van der Waals surface area contributed by atoms with Crippen molar-refractivity contribution in [2.75, 3.05) is 52.5 Å². The van der Waals surface area contributed by atoms with Crippen molar-refractivity contribution in [1.82, 2.24) is 15.1 Å². The van der Waals surface area contributed by atoms with Gasteiger partial charge in [-0.15, -0.1) is 24.0 Å². The van der Waals surface area contributed by atoms with Crippen LogP contribution in [0.25, 0.3) is 0 Å². The lowest BCUT2D eigenvalue weighted by Gasteiger charge is -2.36. The third-order valence-electron chi connectivity index (χ3n) is 6.78. The summed E-state index contributed by atoms with van der Waals surface area (Å²) in [5, 5.41) is 3.54. The number of morpholine rings is 1. The van der Waals surface area contributed by atoms with Crippen LogP contribution in [0, 0.1) is 5.41 Å². The summed E-state index contributed by atoms with van der Waals surface area (Å²) in [6.45, 7) is 12.4. The molecule has 0 radical (unpaired) electrons. The highest BCUT2D eigenvalue weighted by Crippen LogP contribution is 2.49. The molecule has 1 N–H and O–H groups in total. The first-order valence-electron chi connectivity index (χ1n) is 11.7. The van der Waals surface area contributed by atoms with E-state index in [1.54, 1.807) is 0 Å². The lowest BCUT2D eigenvalue weighted by molar-refractivity contribution is -0.0502. The molecule has 3 fully saturated rings. The summed E-state index contributed by atoms with van der Waals surface area (Å²) in [4.78, 5) is 10.1. The van der Waals surface area contributed by atoms with Crippen molar-refractivity contribution < 1.29 is 9.47 Å². The number of ether oxygens (including phenoxy) is 2. The Hall–Kier alpha value is -0.900. The molecule has 2 heterocycles. The van der Waals surface area contributed by atoms with Crippen molar-refractivity contribution in [3.8, 4) is 0 Å². The Morgan fingerprint density at radius 2 is 2.03 bits per heavy atom. The highest BCUT2D eigenvalue weighted by Gasteiger charge is 2.43. The third kappa shape index (κ3) is 6.55. The van der Waals surface area contributed by atoms with Gasteiger partial charge in [0.2, 0.25) is 0 Å². The van der Waals surface area contributed by atoms with Gasteiger partial charge in [-0.1, -0.05) is 30.3 Å². The number of fused-ring (bicyclic) bond motifs is 1. The second-order valence-electron chi connectivity index (χ2n) is 8.95. The molecule has 0 spiro atoms. The van der Waals surface area contributed by atoms with E-state index in [4.69, 9.17) is 14.5 Å². The molecular formula is C24H39IN4O2. The molecule has 1 aromatic carbocycles. The number of rotatable bonds is 9. The monoisotopic (exact) mass is 542 g/mol. The summed E-state index contributed by atoms with van der Waals surface area (Å²) in [7, 11) is 0. The average Bonchev–Trinajstić information content (AvgIpc) is 3.39. The quantitative estimate of drug-likeness (QED) is 0.225. The Morgan fingerprint density at radius 3 is 2.74 bits per heavy atom. The molecule has 7 heteroatoms. The van der Waals surface area contributed by atoms with Crippen molar-refractivity contribution in [3.05, 3.63) is 35.9 Å². The van der Waals surface area contributed by atoms with Gasteiger partial charge in [-0.05, 0) is 44.1 Å². The number of aliphatic imine (C=N–C) groups is 1. The van der Waals surface area contributed by atoms with E-state index in [0.717, 1.165) is 71.5 Å². The summed E-state index contributed by atoms with van der Waals surface area (Å²) < 4.78 is 11.8. The van der Waals surface area contributed by atoms with E-state index in [2.05, 4.69) is 59.3 Å². The number of likely N-dealkylation sites (tertiary alicyclic amines) is 1. The standard InChI is InChI=1S/C24H38N4O2.HI/c1-3-25-23(26-19-24(10-11-24)12-14-29-4-2)28-17-21-22(18-28)30-15-13-27(21)16-20-8-6-5-7-9-20;/h5-9,21-22H,3-4,10-19H2,1-2H3,(H,25,26);1H. The first-order chi connectivity index (χ1) is 14.7. The van der Waals surface area contributed by atoms with Crippen LogP contribution < -0.4 is 5.32 Å². The van der Waals surface area contributed by atoms with E-state index in [0.29, 0.717) is 11.5 Å². The van der Waals surface area contributed by atoms with Crippen LogP contribution in [-0.2, 0) is 16.0 Å². The number of nitrogens with zero attached hydrogens (tertiary/aromatic N) is 3. The molecule has 3 aliphatic rings. The van der Waals surface area contributed by atoms with Crippen LogP contribution in [0.1, 0.15) is 38.7 Å². The summed E-state index contributed by atoms with van der Waals surface area (Å²) >= 11 is 0. The van der Waals surface area contributed by atoms with Gasteiger partial charge in [0.1, 0.15) is 0 Å². The van der Waals surface area contributed by atoms with Gasteiger partial charge in [0.15, 0.2) is 5.96 Å². The minimum absolute atomic E-state index is 0. The zero-order chi connectivity index (χ0) is 20.8. The zero-order valence-electron chi connectivity index (χ0n) is 19.1. The largest absolute Gasteiger partial charge is 0.382 e. The minimum atomic E-state index is 0. The predicted octanol–water partition coefficient (Wildman–Crippen LogP) is 3.36. The van der Waals surface area contributed by atoms with E-state index >= 15 is 0 Å². The van der Waals surface area contributed by atoms with E-state index in [1.807, 2.05) is 0 Å². The smallest absolute Gasteiger partial charge is 0.194 e. The second-order valence-corrected chi connectivity index (χ2v) is 8.95. The van der Waals surface area contributed by atoms with E-state index in [9.17, 15) is 0 Å². The fourth-order valence-corrected chi connectivity index (χ4v) is 4.71. The summed E-state index contributed by atoms with van der Waals surface area (Å²) in [6, 6.07) is 11.2. The van der Waals surface area contributed by atoms with Crippen molar-refractivity contribution in [1.29, 1.82) is 0 Å². The van der Waals surface area contributed by atoms with Gasteiger partial charge in [-0.25, -0.2) is 0 Å². The fraction of sp³-hybridized carbons (Fsp3) is 0.708. The van der Waals surface area contributed by atoms with Gasteiger partial charge < -0.3 is 19.7 Å². The molecule has 1 aromatic rings. The predicted molar refractivity (Wildman–Crippen MR) is 136 cm³/mol. The van der Waals surface area contributed by atoms with Crippen LogP contribution in [0.3, 0.4) is 0 Å². The van der Waals surface area contributed by atoms with Crippen LogP contribution in [-0.4, -0.2) is 80.4 Å².